The fourth-order valence-corrected chi connectivity index (χ4v) is 0.578. The summed E-state index contributed by atoms with van der Waals surface area (Å²) in [6.07, 6.45) is 2.65. The van der Waals surface area contributed by atoms with Crippen molar-refractivity contribution in [3.8, 4) is 0 Å². The monoisotopic (exact) mass is 204 g/mol. The number of anilines is 1. The predicted octanol–water partition coefficient (Wildman–Crippen LogP) is -0.00510. The summed E-state index contributed by atoms with van der Waals surface area (Å²) in [7, 11) is 1.29. The van der Waals surface area contributed by atoms with Crippen LogP contribution in [-0.2, 0) is 9.53 Å². The molecule has 0 amide bonds. The molecule has 0 aliphatic carbocycles. The summed E-state index contributed by atoms with van der Waals surface area (Å²) in [5.41, 5.74) is 5.21. The van der Waals surface area contributed by atoms with E-state index in [2.05, 4.69) is 19.9 Å². The van der Waals surface area contributed by atoms with Gasteiger partial charge >= 0.3 is 5.97 Å². The van der Waals surface area contributed by atoms with Gasteiger partial charge in [-0.05, 0) is 6.08 Å². The molecule has 0 fully saturated rings. The largest absolute Gasteiger partial charge is 0.466 e. The van der Waals surface area contributed by atoms with Crippen molar-refractivity contribution in [1.29, 1.82) is 0 Å². The van der Waals surface area contributed by atoms with Gasteiger partial charge in [-0.1, -0.05) is 0 Å². The molecule has 1 aromatic rings. The van der Waals surface area contributed by atoms with Crippen LogP contribution in [0.1, 0.15) is 5.82 Å². The first-order valence-electron chi connectivity index (χ1n) is 3.16. The van der Waals surface area contributed by atoms with Gasteiger partial charge < -0.3 is 10.5 Å². The number of ether oxygens (including phenoxy) is 1. The lowest BCUT2D eigenvalue weighted by Crippen LogP contribution is -1.93. The molecule has 7 heteroatoms. The Morgan fingerprint density at radius 1 is 1.69 bits per heavy atom. The first-order chi connectivity index (χ1) is 5.72. The third kappa shape index (κ3) is 3.57. The van der Waals surface area contributed by atoms with Gasteiger partial charge in [-0.3, -0.25) is 5.10 Å². The molecule has 0 spiro atoms. The lowest BCUT2D eigenvalue weighted by molar-refractivity contribution is -0.134. The van der Waals surface area contributed by atoms with Crippen LogP contribution in [0.15, 0.2) is 6.08 Å². The quantitative estimate of drug-likeness (QED) is 0.522. The highest BCUT2D eigenvalue weighted by Gasteiger charge is 1.95. The number of carbonyl (C=O) groups is 1. The van der Waals surface area contributed by atoms with E-state index in [9.17, 15) is 4.79 Å². The highest BCUT2D eigenvalue weighted by atomic mass is 35.5. The number of nitrogens with one attached hydrogen (secondary N) is 1. The number of nitrogens with zero attached hydrogens (tertiary/aromatic N) is 2. The lowest BCUT2D eigenvalue weighted by Gasteiger charge is -1.86. The van der Waals surface area contributed by atoms with Crippen LogP contribution in [0.3, 0.4) is 0 Å². The van der Waals surface area contributed by atoms with E-state index in [0.29, 0.717) is 5.82 Å². The van der Waals surface area contributed by atoms with Crippen LogP contribution in [0.5, 0.6) is 0 Å². The maximum Gasteiger partial charge on any atom is 0.330 e. The van der Waals surface area contributed by atoms with Gasteiger partial charge in [-0.15, -0.1) is 17.5 Å². The number of esters is 1. The number of nitrogen functional groups attached to an aromatic ring is 1. The molecule has 3 N–H and O–H groups in total. The number of methoxy groups -OCH3 is 1. The van der Waals surface area contributed by atoms with E-state index in [1.54, 1.807) is 0 Å². The standard InChI is InChI=1S/C6H8N4O2.ClH/c1-12-5(11)3-2-4-8-6(7)10-9-4;/h2-3H,1H3,(H3,7,8,9,10);1H/b3-2-;. The number of halogens is 1. The molecule has 72 valence electrons. The molecule has 6 nitrogen and oxygen atoms in total. The zero-order valence-electron chi connectivity index (χ0n) is 6.85. The Hall–Kier alpha value is -1.56. The molecule has 0 aromatic carbocycles. The van der Waals surface area contributed by atoms with Crippen molar-refractivity contribution in [3.05, 3.63) is 11.9 Å². The summed E-state index contributed by atoms with van der Waals surface area (Å²) in [5, 5.41) is 6.06. The minimum Gasteiger partial charge on any atom is -0.466 e. The van der Waals surface area contributed by atoms with Gasteiger partial charge in [-0.25, -0.2) is 4.79 Å². The van der Waals surface area contributed by atoms with Gasteiger partial charge in [-0.2, -0.15) is 4.98 Å². The number of rotatable bonds is 2. The Balaban J connectivity index is 0.00000144. The van der Waals surface area contributed by atoms with Crippen LogP contribution in [0.2, 0.25) is 0 Å². The fraction of sp³-hybridized carbons (Fsp3) is 0.167. The number of H-pyrrole nitrogens is 1. The van der Waals surface area contributed by atoms with Crippen molar-refractivity contribution >= 4 is 30.4 Å². The zero-order valence-corrected chi connectivity index (χ0v) is 7.67. The van der Waals surface area contributed by atoms with E-state index in [4.69, 9.17) is 5.73 Å². The van der Waals surface area contributed by atoms with E-state index >= 15 is 0 Å². The van der Waals surface area contributed by atoms with Crippen LogP contribution < -0.4 is 5.73 Å². The van der Waals surface area contributed by atoms with Crippen molar-refractivity contribution < 1.29 is 9.53 Å². The number of aromatic nitrogens is 3. The Labute approximate surface area is 80.6 Å². The number of aromatic amines is 1. The molecule has 0 aliphatic heterocycles. The summed E-state index contributed by atoms with van der Waals surface area (Å²) >= 11 is 0. The molecule has 1 aromatic heterocycles. The SMILES string of the molecule is COC(=O)/C=C\c1nc(N)n[nH]1.Cl. The van der Waals surface area contributed by atoms with Crippen LogP contribution in [0, 0.1) is 0 Å². The van der Waals surface area contributed by atoms with Crippen molar-refractivity contribution in [1.82, 2.24) is 15.2 Å². The second kappa shape index (κ2) is 5.15. The molecule has 0 radical (unpaired) electrons. The zero-order chi connectivity index (χ0) is 8.97. The smallest absolute Gasteiger partial charge is 0.330 e. The average Bonchev–Trinajstić information content (AvgIpc) is 2.47. The third-order valence-corrected chi connectivity index (χ3v) is 1.10. The van der Waals surface area contributed by atoms with Gasteiger partial charge in [0.15, 0.2) is 5.82 Å². The van der Waals surface area contributed by atoms with E-state index in [-0.39, 0.29) is 18.4 Å². The van der Waals surface area contributed by atoms with Crippen molar-refractivity contribution in [2.75, 3.05) is 12.8 Å². The maximum absolute atomic E-state index is 10.6. The molecule has 0 bridgehead atoms. The number of hydrogen-bond acceptors (Lipinski definition) is 5. The Bertz CT molecular complexity index is 309. The second-order valence-corrected chi connectivity index (χ2v) is 1.94. The van der Waals surface area contributed by atoms with Gasteiger partial charge in [0.25, 0.3) is 0 Å². The van der Waals surface area contributed by atoms with Crippen LogP contribution in [0.4, 0.5) is 5.95 Å². The summed E-state index contributed by atoms with van der Waals surface area (Å²) < 4.78 is 4.36. The van der Waals surface area contributed by atoms with Gasteiger partial charge in [0.1, 0.15) is 0 Å². The van der Waals surface area contributed by atoms with Gasteiger partial charge in [0.2, 0.25) is 5.95 Å². The number of carbonyl (C=O) groups excluding carboxylic acids is 1. The first-order valence-corrected chi connectivity index (χ1v) is 3.16. The van der Waals surface area contributed by atoms with Crippen molar-refractivity contribution in [2.24, 2.45) is 0 Å². The normalized spacial score (nSPS) is 9.62. The van der Waals surface area contributed by atoms with Crippen molar-refractivity contribution in [2.45, 2.75) is 0 Å². The molecule has 0 aliphatic rings. The molecule has 13 heavy (non-hydrogen) atoms. The Morgan fingerprint density at radius 2 is 2.38 bits per heavy atom. The summed E-state index contributed by atoms with van der Waals surface area (Å²) in [5.74, 6) is 0.0994. The molecule has 0 saturated heterocycles. The van der Waals surface area contributed by atoms with Gasteiger partial charge in [0, 0.05) is 6.08 Å². The predicted molar refractivity (Wildman–Crippen MR) is 49.1 cm³/mol. The second-order valence-electron chi connectivity index (χ2n) is 1.94. The molecular weight excluding hydrogens is 196 g/mol. The highest BCUT2D eigenvalue weighted by Crippen LogP contribution is 1.95. The fourth-order valence-electron chi connectivity index (χ4n) is 0.578. The molecule has 0 unspecified atom stereocenters. The topological polar surface area (TPSA) is 93.9 Å². The van der Waals surface area contributed by atoms with E-state index in [1.807, 2.05) is 0 Å². The summed E-state index contributed by atoms with van der Waals surface area (Å²) in [6.45, 7) is 0. The van der Waals surface area contributed by atoms with Crippen LogP contribution >= 0.6 is 12.4 Å². The first kappa shape index (κ1) is 11.4. The van der Waals surface area contributed by atoms with Crippen LogP contribution in [-0.4, -0.2) is 28.3 Å². The van der Waals surface area contributed by atoms with E-state index < -0.39 is 5.97 Å². The van der Waals surface area contributed by atoms with Crippen molar-refractivity contribution in [3.63, 3.8) is 0 Å². The summed E-state index contributed by atoms with van der Waals surface area (Å²) in [4.78, 5) is 14.3. The molecule has 1 rings (SSSR count). The minimum absolute atomic E-state index is 0. The lowest BCUT2D eigenvalue weighted by atomic mass is 10.5. The number of hydrogen-bond donors (Lipinski definition) is 2. The average molecular weight is 205 g/mol. The van der Waals surface area contributed by atoms with Gasteiger partial charge in [0.05, 0.1) is 7.11 Å². The Morgan fingerprint density at radius 3 is 2.85 bits per heavy atom. The molecule has 1 heterocycles. The minimum atomic E-state index is -0.454. The third-order valence-electron chi connectivity index (χ3n) is 1.10. The highest BCUT2D eigenvalue weighted by molar-refractivity contribution is 5.86. The Kier molecular flexibility index (Phi) is 4.53. The summed E-state index contributed by atoms with van der Waals surface area (Å²) in [6, 6.07) is 0. The molecular formula is C6H9ClN4O2. The molecule has 0 atom stereocenters. The number of nitrogens with two attached hydrogens (primary N) is 1. The van der Waals surface area contributed by atoms with E-state index in [0.717, 1.165) is 0 Å². The van der Waals surface area contributed by atoms with E-state index in [1.165, 1.54) is 19.3 Å². The molecule has 0 saturated carbocycles. The van der Waals surface area contributed by atoms with Crippen LogP contribution in [0.25, 0.3) is 6.08 Å². The maximum atomic E-state index is 10.6.